The summed E-state index contributed by atoms with van der Waals surface area (Å²) >= 11 is 0. The third-order valence-corrected chi connectivity index (χ3v) is 3.04. The van der Waals surface area contributed by atoms with Crippen LogP contribution in [0.2, 0.25) is 0 Å². The SMILES string of the molecule is O=C(c1ccncc1)c1ccc(Oc2ccccc2)cc1. The van der Waals surface area contributed by atoms with Gasteiger partial charge >= 0.3 is 0 Å². The number of carbonyl (C=O) groups excluding carboxylic acids is 1. The molecule has 1 aromatic heterocycles. The van der Waals surface area contributed by atoms with Crippen molar-refractivity contribution < 1.29 is 9.53 Å². The Morgan fingerprint density at radius 3 is 1.95 bits per heavy atom. The molecule has 0 aliphatic heterocycles. The summed E-state index contributed by atoms with van der Waals surface area (Å²) in [6.45, 7) is 0. The lowest BCUT2D eigenvalue weighted by atomic mass is 10.0. The molecular formula is C18H13NO2. The Morgan fingerprint density at radius 2 is 1.29 bits per heavy atom. The number of rotatable bonds is 4. The van der Waals surface area contributed by atoms with E-state index in [0.717, 1.165) is 5.75 Å². The number of nitrogens with zero attached hydrogens (tertiary/aromatic N) is 1. The molecule has 0 N–H and O–H groups in total. The second-order valence-electron chi connectivity index (χ2n) is 4.50. The van der Waals surface area contributed by atoms with Gasteiger partial charge in [-0.1, -0.05) is 18.2 Å². The minimum absolute atomic E-state index is 0.0244. The Kier molecular flexibility index (Phi) is 3.74. The highest BCUT2D eigenvalue weighted by Gasteiger charge is 2.08. The van der Waals surface area contributed by atoms with E-state index in [1.54, 1.807) is 48.8 Å². The van der Waals surface area contributed by atoms with E-state index in [0.29, 0.717) is 16.9 Å². The van der Waals surface area contributed by atoms with Crippen LogP contribution in [0.1, 0.15) is 15.9 Å². The van der Waals surface area contributed by atoms with Gasteiger partial charge < -0.3 is 4.74 Å². The van der Waals surface area contributed by atoms with E-state index in [-0.39, 0.29) is 5.78 Å². The van der Waals surface area contributed by atoms with Crippen LogP contribution in [0.5, 0.6) is 11.5 Å². The molecule has 0 aliphatic carbocycles. The average Bonchev–Trinajstić information content (AvgIpc) is 2.57. The van der Waals surface area contributed by atoms with Crippen LogP contribution in [-0.4, -0.2) is 10.8 Å². The van der Waals surface area contributed by atoms with Crippen LogP contribution in [0.3, 0.4) is 0 Å². The quantitative estimate of drug-likeness (QED) is 0.673. The minimum atomic E-state index is -0.0244. The lowest BCUT2D eigenvalue weighted by Gasteiger charge is -2.06. The maximum absolute atomic E-state index is 12.2. The first-order valence-electron chi connectivity index (χ1n) is 6.60. The highest BCUT2D eigenvalue weighted by atomic mass is 16.5. The molecule has 2 aromatic carbocycles. The molecule has 21 heavy (non-hydrogen) atoms. The summed E-state index contributed by atoms with van der Waals surface area (Å²) in [4.78, 5) is 16.2. The lowest BCUT2D eigenvalue weighted by molar-refractivity contribution is 0.103. The van der Waals surface area contributed by atoms with Crippen LogP contribution >= 0.6 is 0 Å². The van der Waals surface area contributed by atoms with Gasteiger partial charge in [-0.15, -0.1) is 0 Å². The summed E-state index contributed by atoms with van der Waals surface area (Å²) in [7, 11) is 0. The zero-order valence-electron chi connectivity index (χ0n) is 11.3. The highest BCUT2D eigenvalue weighted by Crippen LogP contribution is 2.21. The van der Waals surface area contributed by atoms with Gasteiger partial charge in [-0.3, -0.25) is 9.78 Å². The van der Waals surface area contributed by atoms with Crippen LogP contribution < -0.4 is 4.74 Å². The van der Waals surface area contributed by atoms with Crippen molar-refractivity contribution in [2.75, 3.05) is 0 Å². The van der Waals surface area contributed by atoms with Gasteiger partial charge in [-0.2, -0.15) is 0 Å². The molecule has 0 saturated heterocycles. The number of ketones is 1. The summed E-state index contributed by atoms with van der Waals surface area (Å²) < 4.78 is 5.70. The van der Waals surface area contributed by atoms with Gasteiger partial charge in [0.05, 0.1) is 0 Å². The van der Waals surface area contributed by atoms with Crippen LogP contribution in [0.4, 0.5) is 0 Å². The number of benzene rings is 2. The molecule has 102 valence electrons. The van der Waals surface area contributed by atoms with Gasteiger partial charge in [0.2, 0.25) is 0 Å². The fourth-order valence-electron chi connectivity index (χ4n) is 1.97. The van der Waals surface area contributed by atoms with E-state index < -0.39 is 0 Å². The van der Waals surface area contributed by atoms with E-state index in [1.165, 1.54) is 0 Å². The molecule has 0 spiro atoms. The van der Waals surface area contributed by atoms with E-state index in [2.05, 4.69) is 4.98 Å². The van der Waals surface area contributed by atoms with Gasteiger partial charge in [0.1, 0.15) is 11.5 Å². The molecule has 0 saturated carbocycles. The van der Waals surface area contributed by atoms with Crippen LogP contribution in [-0.2, 0) is 0 Å². The maximum atomic E-state index is 12.2. The second-order valence-corrected chi connectivity index (χ2v) is 4.50. The molecule has 3 nitrogen and oxygen atoms in total. The predicted molar refractivity (Wildman–Crippen MR) is 80.6 cm³/mol. The molecule has 1 heterocycles. The van der Waals surface area contributed by atoms with E-state index >= 15 is 0 Å². The van der Waals surface area contributed by atoms with Crippen molar-refractivity contribution in [2.24, 2.45) is 0 Å². The Bertz CT molecular complexity index is 722. The first-order valence-corrected chi connectivity index (χ1v) is 6.60. The van der Waals surface area contributed by atoms with Gasteiger partial charge in [0.15, 0.2) is 5.78 Å². The molecule has 0 bridgehead atoms. The van der Waals surface area contributed by atoms with Gasteiger partial charge in [0, 0.05) is 23.5 Å². The van der Waals surface area contributed by atoms with Crippen molar-refractivity contribution >= 4 is 5.78 Å². The number of ether oxygens (including phenoxy) is 1. The predicted octanol–water partition coefficient (Wildman–Crippen LogP) is 4.10. The molecule has 0 unspecified atom stereocenters. The normalized spacial score (nSPS) is 10.1. The average molecular weight is 275 g/mol. The number of para-hydroxylation sites is 1. The van der Waals surface area contributed by atoms with E-state index in [4.69, 9.17) is 4.74 Å². The summed E-state index contributed by atoms with van der Waals surface area (Å²) in [5, 5.41) is 0. The molecular weight excluding hydrogens is 262 g/mol. The lowest BCUT2D eigenvalue weighted by Crippen LogP contribution is -2.00. The molecule has 0 radical (unpaired) electrons. The number of hydrogen-bond donors (Lipinski definition) is 0. The molecule has 3 heteroatoms. The molecule has 0 fully saturated rings. The van der Waals surface area contributed by atoms with Crippen molar-refractivity contribution in [3.63, 3.8) is 0 Å². The number of pyridine rings is 1. The Hall–Kier alpha value is -2.94. The van der Waals surface area contributed by atoms with Gasteiger partial charge in [-0.25, -0.2) is 0 Å². The zero-order valence-corrected chi connectivity index (χ0v) is 11.3. The molecule has 3 aromatic rings. The third kappa shape index (κ3) is 3.15. The van der Waals surface area contributed by atoms with Crippen molar-refractivity contribution in [1.29, 1.82) is 0 Å². The first-order chi connectivity index (χ1) is 10.3. The summed E-state index contributed by atoms with van der Waals surface area (Å²) in [6, 6.07) is 20.1. The first kappa shape index (κ1) is 13.1. The van der Waals surface area contributed by atoms with Crippen molar-refractivity contribution in [3.05, 3.63) is 90.3 Å². The Morgan fingerprint density at radius 1 is 0.714 bits per heavy atom. The standard InChI is InChI=1S/C18H13NO2/c20-18(15-10-12-19-13-11-15)14-6-8-17(9-7-14)21-16-4-2-1-3-5-16/h1-13H. The fraction of sp³-hybridized carbons (Fsp3) is 0. The summed E-state index contributed by atoms with van der Waals surface area (Å²) in [5.41, 5.74) is 1.25. The van der Waals surface area contributed by atoms with Crippen molar-refractivity contribution in [2.45, 2.75) is 0 Å². The molecule has 0 aliphatic rings. The van der Waals surface area contributed by atoms with E-state index in [1.807, 2.05) is 30.3 Å². The number of hydrogen-bond acceptors (Lipinski definition) is 3. The Balaban J connectivity index is 1.77. The summed E-state index contributed by atoms with van der Waals surface area (Å²) in [6.07, 6.45) is 3.22. The van der Waals surface area contributed by atoms with Crippen LogP contribution in [0, 0.1) is 0 Å². The highest BCUT2D eigenvalue weighted by molar-refractivity contribution is 6.08. The van der Waals surface area contributed by atoms with Crippen molar-refractivity contribution in [3.8, 4) is 11.5 Å². The third-order valence-electron chi connectivity index (χ3n) is 3.04. The number of carbonyl (C=O) groups is 1. The molecule has 0 amide bonds. The second kappa shape index (κ2) is 6.01. The maximum Gasteiger partial charge on any atom is 0.193 e. The van der Waals surface area contributed by atoms with Gasteiger partial charge in [0.25, 0.3) is 0 Å². The largest absolute Gasteiger partial charge is 0.457 e. The molecule has 3 rings (SSSR count). The van der Waals surface area contributed by atoms with Gasteiger partial charge in [-0.05, 0) is 48.5 Å². The zero-order chi connectivity index (χ0) is 14.5. The summed E-state index contributed by atoms with van der Waals surface area (Å²) in [5.74, 6) is 1.45. The van der Waals surface area contributed by atoms with Crippen LogP contribution in [0.25, 0.3) is 0 Å². The monoisotopic (exact) mass is 275 g/mol. The minimum Gasteiger partial charge on any atom is -0.457 e. The Labute approximate surface area is 122 Å². The smallest absolute Gasteiger partial charge is 0.193 e. The fourth-order valence-corrected chi connectivity index (χ4v) is 1.97. The van der Waals surface area contributed by atoms with E-state index in [9.17, 15) is 4.79 Å². The molecule has 0 atom stereocenters. The van der Waals surface area contributed by atoms with Crippen LogP contribution in [0.15, 0.2) is 79.1 Å². The number of aromatic nitrogens is 1. The van der Waals surface area contributed by atoms with Crippen molar-refractivity contribution in [1.82, 2.24) is 4.98 Å². The topological polar surface area (TPSA) is 39.2 Å².